The summed E-state index contributed by atoms with van der Waals surface area (Å²) in [5.41, 5.74) is 16.9. The van der Waals surface area contributed by atoms with Gasteiger partial charge in [-0.05, 0) is 164 Å². The van der Waals surface area contributed by atoms with Crippen molar-refractivity contribution in [2.24, 2.45) is 0 Å². The molecule has 1 atom stereocenters. The third-order valence-corrected chi connectivity index (χ3v) is 11.4. The number of fused-ring (bicyclic) bond motifs is 8. The van der Waals surface area contributed by atoms with Crippen LogP contribution in [0, 0.1) is 13.8 Å². The molecule has 5 heterocycles. The fourth-order valence-corrected chi connectivity index (χ4v) is 7.90. The molecule has 9 heteroatoms. The molecule has 58 heavy (non-hydrogen) atoms. The number of nitrogens with zero attached hydrogens (tertiary/aromatic N) is 2. The van der Waals surface area contributed by atoms with E-state index in [1.165, 1.54) is 16.7 Å². The highest BCUT2D eigenvalue weighted by Gasteiger charge is 2.23. The number of aryl methyl sites for hydroxylation is 2. The molecule has 5 N–H and O–H groups in total. The maximum atomic E-state index is 11.9. The number of H-pyrrole nitrogens is 2. The number of aliphatic carboxylic acids is 2. The van der Waals surface area contributed by atoms with Gasteiger partial charge in [0.1, 0.15) is 0 Å². The first-order valence-electron chi connectivity index (χ1n) is 20.4. The van der Waals surface area contributed by atoms with Gasteiger partial charge in [0.25, 0.3) is 0 Å². The number of rotatable bonds is 17. The van der Waals surface area contributed by atoms with Crippen molar-refractivity contribution in [3.63, 3.8) is 0 Å². The molecule has 3 aromatic heterocycles. The van der Waals surface area contributed by atoms with Crippen LogP contribution in [0.5, 0.6) is 0 Å². The average Bonchev–Trinajstić information content (AvgIpc) is 3.82. The molecule has 9 nitrogen and oxygen atoms in total. The molecule has 0 unspecified atom stereocenters. The predicted octanol–water partition coefficient (Wildman–Crippen LogP) is 12.4. The summed E-state index contributed by atoms with van der Waals surface area (Å²) in [7, 11) is 0. The molecular weight excluding hydrogens is 725 g/mol. The lowest BCUT2D eigenvalue weighted by Crippen LogP contribution is -1.98. The maximum Gasteiger partial charge on any atom is 0.303 e. The summed E-state index contributed by atoms with van der Waals surface area (Å²) in [4.78, 5) is 40.7. The van der Waals surface area contributed by atoms with Crippen molar-refractivity contribution in [1.29, 1.82) is 0 Å². The van der Waals surface area contributed by atoms with Crippen molar-refractivity contribution in [2.45, 2.75) is 126 Å². The Bertz CT molecular complexity index is 2430. The molecule has 0 spiro atoms. The average molecular weight is 785 g/mol. The largest absolute Gasteiger partial charge is 0.481 e. The second kappa shape index (κ2) is 19.3. The predicted molar refractivity (Wildman–Crippen MR) is 239 cm³/mol. The molecular formula is C49H60N4O5. The molecule has 2 aliphatic heterocycles. The third kappa shape index (κ3) is 10.5. The summed E-state index contributed by atoms with van der Waals surface area (Å²) in [6.45, 7) is 20.7. The van der Waals surface area contributed by atoms with E-state index < -0.39 is 18.0 Å². The van der Waals surface area contributed by atoms with Crippen LogP contribution < -0.4 is 0 Å². The Kier molecular flexibility index (Phi) is 14.5. The van der Waals surface area contributed by atoms with Crippen LogP contribution in [0.4, 0.5) is 0 Å². The molecule has 8 bridgehead atoms. The molecule has 0 radical (unpaired) electrons. The van der Waals surface area contributed by atoms with Gasteiger partial charge >= 0.3 is 11.9 Å². The third-order valence-electron chi connectivity index (χ3n) is 11.4. The summed E-state index contributed by atoms with van der Waals surface area (Å²) in [5.74, 6) is -1.81. The lowest BCUT2D eigenvalue weighted by atomic mass is 9.98. The van der Waals surface area contributed by atoms with Crippen LogP contribution in [0.1, 0.15) is 157 Å². The molecule has 0 saturated heterocycles. The van der Waals surface area contributed by atoms with Gasteiger partial charge in [0.2, 0.25) is 0 Å². The Hall–Kier alpha value is -5.54. The normalized spacial score (nSPS) is 13.9. The van der Waals surface area contributed by atoms with Gasteiger partial charge in [-0.25, -0.2) is 9.97 Å². The monoisotopic (exact) mass is 784 g/mol. The van der Waals surface area contributed by atoms with E-state index in [9.17, 15) is 24.9 Å². The molecule has 0 aliphatic carbocycles. The van der Waals surface area contributed by atoms with Crippen molar-refractivity contribution in [1.82, 2.24) is 19.9 Å². The minimum absolute atomic E-state index is 0.0587. The molecule has 3 aromatic rings. The Morgan fingerprint density at radius 2 is 1.16 bits per heavy atom. The zero-order chi connectivity index (χ0) is 42.3. The van der Waals surface area contributed by atoms with Gasteiger partial charge in [-0.1, -0.05) is 47.6 Å². The van der Waals surface area contributed by atoms with E-state index in [-0.39, 0.29) is 25.7 Å². The molecule has 0 aromatic carbocycles. The fourth-order valence-electron chi connectivity index (χ4n) is 7.90. The van der Waals surface area contributed by atoms with Crippen molar-refractivity contribution in [3.8, 4) is 0 Å². The Balaban J connectivity index is 1.63. The molecule has 306 valence electrons. The van der Waals surface area contributed by atoms with Gasteiger partial charge < -0.3 is 25.3 Å². The number of aromatic amines is 2. The number of carboxylic acids is 2. The van der Waals surface area contributed by atoms with E-state index in [1.807, 2.05) is 58.0 Å². The SMILES string of the molecule is C=Cc1c(C)c2cc3[nH]c(cc4nc(cc5nc(cc1[nH]2)C(C)=C5CCC(=O)O)C(CCC(=O)O)=C4C)c(C)c3[C@@H](O)CC/C=C(/C)CC/C=C(/C)CCC=C(C)C. The first-order chi connectivity index (χ1) is 27.6. The Morgan fingerprint density at radius 1 is 0.655 bits per heavy atom. The van der Waals surface area contributed by atoms with Crippen molar-refractivity contribution in [3.05, 3.63) is 111 Å². The molecule has 0 saturated carbocycles. The van der Waals surface area contributed by atoms with Gasteiger partial charge in [0.15, 0.2) is 0 Å². The van der Waals surface area contributed by atoms with Crippen LogP contribution in [-0.2, 0) is 9.59 Å². The van der Waals surface area contributed by atoms with E-state index in [0.717, 1.165) is 98.7 Å². The highest BCUT2D eigenvalue weighted by atomic mass is 16.4. The minimum Gasteiger partial charge on any atom is -0.481 e. The van der Waals surface area contributed by atoms with E-state index in [4.69, 9.17) is 9.97 Å². The second-order valence-corrected chi connectivity index (χ2v) is 16.1. The molecule has 2 aliphatic rings. The number of carboxylic acid groups (broad SMARTS) is 2. The number of hydrogen-bond donors (Lipinski definition) is 5. The standard InChI is InChI=1S/C49H60N4O5/c1-10-35-31(6)40-26-45-49(46(54)19-13-18-30(5)17-12-16-29(4)15-11-14-28(2)3)34(9)41(53-45)24-38-32(7)36(20-22-47(55)56)43(51-38)27-44-37(21-23-48(57)58)33(8)39(52-44)25-42(35)50-40/h10,14,16,18,24-27,46,50,53-54H,1,11-13,15,17,19-23H2,2-9H3,(H,55,56)(H,57,58)/b29-16-,30-18-,38-24?,39-25?,40-26?,41-24?,42-25?,43-27?,44-27?,45-26?/t46-/m0/s1. The summed E-state index contributed by atoms with van der Waals surface area (Å²) in [6, 6.07) is 7.85. The lowest BCUT2D eigenvalue weighted by molar-refractivity contribution is -0.137. The number of aliphatic hydroxyl groups excluding tert-OH is 1. The first kappa shape index (κ1) is 43.6. The molecule has 0 amide bonds. The van der Waals surface area contributed by atoms with Gasteiger partial charge in [-0.2, -0.15) is 0 Å². The summed E-state index contributed by atoms with van der Waals surface area (Å²) in [6.07, 6.45) is 13.8. The first-order valence-corrected chi connectivity index (χ1v) is 20.4. The number of hydrogen-bond acceptors (Lipinski definition) is 5. The van der Waals surface area contributed by atoms with Gasteiger partial charge in [0, 0.05) is 46.0 Å². The quantitative estimate of drug-likeness (QED) is 0.0854. The van der Waals surface area contributed by atoms with Crippen LogP contribution in [0.3, 0.4) is 0 Å². The smallest absolute Gasteiger partial charge is 0.303 e. The second-order valence-electron chi connectivity index (χ2n) is 16.1. The Morgan fingerprint density at radius 3 is 1.69 bits per heavy atom. The van der Waals surface area contributed by atoms with Crippen molar-refractivity contribution in [2.75, 3.05) is 0 Å². The van der Waals surface area contributed by atoms with E-state index in [2.05, 4.69) is 62.5 Å². The number of nitrogens with one attached hydrogen (secondary N) is 2. The van der Waals surface area contributed by atoms with Crippen LogP contribution in [0.25, 0.3) is 50.4 Å². The van der Waals surface area contributed by atoms with Crippen molar-refractivity contribution < 1.29 is 24.9 Å². The van der Waals surface area contributed by atoms with Crippen LogP contribution >= 0.6 is 0 Å². The topological polar surface area (TPSA) is 152 Å². The van der Waals surface area contributed by atoms with Crippen molar-refractivity contribution >= 4 is 62.4 Å². The summed E-state index contributed by atoms with van der Waals surface area (Å²) >= 11 is 0. The van der Waals surface area contributed by atoms with Crippen LogP contribution in [-0.4, -0.2) is 47.2 Å². The van der Waals surface area contributed by atoms with E-state index in [1.54, 1.807) is 0 Å². The highest BCUT2D eigenvalue weighted by Crippen LogP contribution is 2.39. The van der Waals surface area contributed by atoms with E-state index in [0.29, 0.717) is 29.2 Å². The summed E-state index contributed by atoms with van der Waals surface area (Å²) < 4.78 is 0. The molecule has 0 fully saturated rings. The number of carbonyl (C=O) groups is 2. The van der Waals surface area contributed by atoms with Crippen LogP contribution in [0.15, 0.2) is 65.8 Å². The van der Waals surface area contributed by atoms with E-state index >= 15 is 0 Å². The Labute approximate surface area is 342 Å². The number of aromatic nitrogens is 4. The zero-order valence-corrected chi connectivity index (χ0v) is 35.5. The fraction of sp³-hybridized carbons (Fsp3) is 0.388. The minimum atomic E-state index is -0.906. The highest BCUT2D eigenvalue weighted by molar-refractivity contribution is 5.97. The van der Waals surface area contributed by atoms with Gasteiger partial charge in [-0.3, -0.25) is 9.59 Å². The van der Waals surface area contributed by atoms with Gasteiger partial charge in [-0.15, -0.1) is 0 Å². The zero-order valence-electron chi connectivity index (χ0n) is 35.5. The molecule has 5 rings (SSSR count). The van der Waals surface area contributed by atoms with Crippen LogP contribution in [0.2, 0.25) is 0 Å². The number of allylic oxidation sites excluding steroid dienone is 10. The lowest BCUT2D eigenvalue weighted by Gasteiger charge is -2.10. The maximum absolute atomic E-state index is 11.9. The van der Waals surface area contributed by atoms with Gasteiger partial charge in [0.05, 0.1) is 28.9 Å². The summed E-state index contributed by atoms with van der Waals surface area (Å²) in [5, 5.41) is 31.1. The number of aliphatic hydroxyl groups is 1.